The van der Waals surface area contributed by atoms with Crippen molar-refractivity contribution in [2.24, 2.45) is 5.73 Å². The standard InChI is InChI=1S/C10H13N3O/c11-10(2-1-3-10)4-9(14)8-5-12-7-13-6-8/h5-7H,1-4,11H2. The van der Waals surface area contributed by atoms with Gasteiger partial charge in [0.1, 0.15) is 6.33 Å². The SMILES string of the molecule is NC1(CC(=O)c2cncnc2)CCC1. The molecule has 1 aromatic heterocycles. The number of nitrogens with zero attached hydrogens (tertiary/aromatic N) is 2. The maximum atomic E-state index is 11.7. The van der Waals surface area contributed by atoms with Gasteiger partial charge in [0, 0.05) is 24.4 Å². The zero-order valence-corrected chi connectivity index (χ0v) is 7.94. The summed E-state index contributed by atoms with van der Waals surface area (Å²) in [6.45, 7) is 0. The van der Waals surface area contributed by atoms with E-state index >= 15 is 0 Å². The third-order valence-corrected chi connectivity index (χ3v) is 2.74. The molecule has 1 aliphatic rings. The molecule has 0 aromatic carbocycles. The van der Waals surface area contributed by atoms with Crippen LogP contribution in [0.4, 0.5) is 0 Å². The number of ketones is 1. The van der Waals surface area contributed by atoms with Gasteiger partial charge in [-0.1, -0.05) is 0 Å². The van der Waals surface area contributed by atoms with Gasteiger partial charge in [0.25, 0.3) is 0 Å². The van der Waals surface area contributed by atoms with Crippen molar-refractivity contribution in [3.63, 3.8) is 0 Å². The first-order valence-corrected chi connectivity index (χ1v) is 4.77. The lowest BCUT2D eigenvalue weighted by atomic mass is 9.74. The van der Waals surface area contributed by atoms with Gasteiger partial charge in [-0.2, -0.15) is 0 Å². The molecule has 1 aromatic rings. The zero-order valence-electron chi connectivity index (χ0n) is 7.94. The molecule has 0 atom stereocenters. The average molecular weight is 191 g/mol. The topological polar surface area (TPSA) is 68.9 Å². The van der Waals surface area contributed by atoms with E-state index in [9.17, 15) is 4.79 Å². The number of Topliss-reactive ketones (excluding diaryl/α,β-unsaturated/α-hetero) is 1. The van der Waals surface area contributed by atoms with Crippen LogP contribution >= 0.6 is 0 Å². The number of hydrogen-bond donors (Lipinski definition) is 1. The van der Waals surface area contributed by atoms with Gasteiger partial charge in [-0.3, -0.25) is 4.79 Å². The largest absolute Gasteiger partial charge is 0.325 e. The van der Waals surface area contributed by atoms with E-state index in [1.54, 1.807) is 0 Å². The highest BCUT2D eigenvalue weighted by molar-refractivity contribution is 5.96. The Morgan fingerprint density at radius 3 is 2.57 bits per heavy atom. The third-order valence-electron chi connectivity index (χ3n) is 2.74. The second-order valence-corrected chi connectivity index (χ2v) is 3.94. The first-order valence-electron chi connectivity index (χ1n) is 4.77. The molecule has 0 amide bonds. The van der Waals surface area contributed by atoms with E-state index in [0.29, 0.717) is 12.0 Å². The van der Waals surface area contributed by atoms with E-state index in [1.165, 1.54) is 18.7 Å². The number of hydrogen-bond acceptors (Lipinski definition) is 4. The average Bonchev–Trinajstić information content (AvgIpc) is 2.17. The number of rotatable bonds is 3. The molecule has 2 N–H and O–H groups in total. The van der Waals surface area contributed by atoms with Gasteiger partial charge in [-0.15, -0.1) is 0 Å². The lowest BCUT2D eigenvalue weighted by molar-refractivity contribution is 0.0911. The predicted molar refractivity (Wildman–Crippen MR) is 51.7 cm³/mol. The van der Waals surface area contributed by atoms with E-state index in [2.05, 4.69) is 9.97 Å². The summed E-state index contributed by atoms with van der Waals surface area (Å²) in [6.07, 6.45) is 7.95. The van der Waals surface area contributed by atoms with Crippen molar-refractivity contribution in [1.82, 2.24) is 9.97 Å². The summed E-state index contributed by atoms with van der Waals surface area (Å²) in [5, 5.41) is 0. The van der Waals surface area contributed by atoms with E-state index in [0.717, 1.165) is 19.3 Å². The highest BCUT2D eigenvalue weighted by atomic mass is 16.1. The molecule has 14 heavy (non-hydrogen) atoms. The molecule has 1 saturated carbocycles. The Morgan fingerprint density at radius 1 is 1.43 bits per heavy atom. The lowest BCUT2D eigenvalue weighted by Crippen LogP contribution is -2.48. The molecular weight excluding hydrogens is 178 g/mol. The second kappa shape index (κ2) is 3.46. The Labute approximate surface area is 82.6 Å². The summed E-state index contributed by atoms with van der Waals surface area (Å²) < 4.78 is 0. The van der Waals surface area contributed by atoms with Crippen molar-refractivity contribution < 1.29 is 4.79 Å². The first-order chi connectivity index (χ1) is 6.70. The molecule has 1 fully saturated rings. The molecule has 0 unspecified atom stereocenters. The maximum Gasteiger partial charge on any atom is 0.167 e. The van der Waals surface area contributed by atoms with Crippen molar-refractivity contribution in [1.29, 1.82) is 0 Å². The van der Waals surface area contributed by atoms with Crippen LogP contribution in [0.25, 0.3) is 0 Å². The molecule has 2 rings (SSSR count). The Balaban J connectivity index is 2.03. The van der Waals surface area contributed by atoms with E-state index in [4.69, 9.17) is 5.73 Å². The van der Waals surface area contributed by atoms with Crippen molar-refractivity contribution in [3.05, 3.63) is 24.3 Å². The smallest absolute Gasteiger partial charge is 0.167 e. The van der Waals surface area contributed by atoms with Crippen molar-refractivity contribution in [2.75, 3.05) is 0 Å². The first kappa shape index (κ1) is 9.27. The summed E-state index contributed by atoms with van der Waals surface area (Å²) in [7, 11) is 0. The van der Waals surface area contributed by atoms with Gasteiger partial charge in [-0.25, -0.2) is 9.97 Å². The summed E-state index contributed by atoms with van der Waals surface area (Å²) in [5.41, 5.74) is 6.28. The van der Waals surface area contributed by atoms with E-state index in [1.807, 2.05) is 0 Å². The fraction of sp³-hybridized carbons (Fsp3) is 0.500. The van der Waals surface area contributed by atoms with Crippen molar-refractivity contribution >= 4 is 5.78 Å². The summed E-state index contributed by atoms with van der Waals surface area (Å²) in [5.74, 6) is 0.0489. The van der Waals surface area contributed by atoms with Crippen LogP contribution in [0.5, 0.6) is 0 Å². The highest BCUT2D eigenvalue weighted by Gasteiger charge is 2.34. The summed E-state index contributed by atoms with van der Waals surface area (Å²) in [4.78, 5) is 19.3. The van der Waals surface area contributed by atoms with Gasteiger partial charge in [0.15, 0.2) is 5.78 Å². The van der Waals surface area contributed by atoms with Crippen LogP contribution in [-0.4, -0.2) is 21.3 Å². The molecule has 0 radical (unpaired) electrons. The Morgan fingerprint density at radius 2 is 2.07 bits per heavy atom. The normalized spacial score (nSPS) is 18.6. The van der Waals surface area contributed by atoms with Crippen molar-refractivity contribution in [2.45, 2.75) is 31.2 Å². The van der Waals surface area contributed by atoms with Crippen LogP contribution in [0.15, 0.2) is 18.7 Å². The Bertz CT molecular complexity index is 332. The molecule has 74 valence electrons. The van der Waals surface area contributed by atoms with Gasteiger partial charge >= 0.3 is 0 Å². The van der Waals surface area contributed by atoms with Crippen LogP contribution in [0.2, 0.25) is 0 Å². The molecule has 0 spiro atoms. The molecule has 4 nitrogen and oxygen atoms in total. The van der Waals surface area contributed by atoms with Crippen molar-refractivity contribution in [3.8, 4) is 0 Å². The van der Waals surface area contributed by atoms with Crippen LogP contribution in [0, 0.1) is 0 Å². The maximum absolute atomic E-state index is 11.7. The van der Waals surface area contributed by atoms with Crippen LogP contribution in [0.3, 0.4) is 0 Å². The molecule has 0 aliphatic heterocycles. The fourth-order valence-electron chi connectivity index (χ4n) is 1.67. The quantitative estimate of drug-likeness (QED) is 0.721. The van der Waals surface area contributed by atoms with E-state index < -0.39 is 0 Å². The number of carbonyl (C=O) groups excluding carboxylic acids is 1. The molecule has 4 heteroatoms. The summed E-state index contributed by atoms with van der Waals surface area (Å²) >= 11 is 0. The minimum absolute atomic E-state index is 0.0489. The lowest BCUT2D eigenvalue weighted by Gasteiger charge is -2.37. The molecule has 0 saturated heterocycles. The minimum atomic E-state index is -0.257. The Kier molecular flexibility index (Phi) is 2.29. The third kappa shape index (κ3) is 1.80. The summed E-state index contributed by atoms with van der Waals surface area (Å²) in [6, 6.07) is 0. The van der Waals surface area contributed by atoms with E-state index in [-0.39, 0.29) is 11.3 Å². The number of carbonyl (C=O) groups is 1. The molecular formula is C10H13N3O. The van der Waals surface area contributed by atoms with Gasteiger partial charge in [0.2, 0.25) is 0 Å². The second-order valence-electron chi connectivity index (χ2n) is 3.94. The molecule has 1 aliphatic carbocycles. The van der Waals surface area contributed by atoms with Gasteiger partial charge < -0.3 is 5.73 Å². The molecule has 0 bridgehead atoms. The predicted octanol–water partition coefficient (Wildman–Crippen LogP) is 0.931. The minimum Gasteiger partial charge on any atom is -0.325 e. The van der Waals surface area contributed by atoms with Gasteiger partial charge in [-0.05, 0) is 19.3 Å². The Hall–Kier alpha value is -1.29. The van der Waals surface area contributed by atoms with Crippen LogP contribution in [-0.2, 0) is 0 Å². The number of nitrogens with two attached hydrogens (primary N) is 1. The molecule has 1 heterocycles. The number of aromatic nitrogens is 2. The fourth-order valence-corrected chi connectivity index (χ4v) is 1.67. The van der Waals surface area contributed by atoms with Crippen LogP contribution < -0.4 is 5.73 Å². The monoisotopic (exact) mass is 191 g/mol. The highest BCUT2D eigenvalue weighted by Crippen LogP contribution is 2.32. The zero-order chi connectivity index (χ0) is 10.0. The van der Waals surface area contributed by atoms with Gasteiger partial charge in [0.05, 0.1) is 5.56 Å². The van der Waals surface area contributed by atoms with Crippen LogP contribution in [0.1, 0.15) is 36.0 Å².